The molecule has 1 aromatic heterocycles. The van der Waals surface area contributed by atoms with Gasteiger partial charge in [0.15, 0.2) is 0 Å². The van der Waals surface area contributed by atoms with E-state index in [9.17, 15) is 14.4 Å². The van der Waals surface area contributed by atoms with Crippen LogP contribution in [-0.2, 0) is 14.4 Å². The molecule has 21 heavy (non-hydrogen) atoms. The molecule has 1 aliphatic carbocycles. The molecule has 1 fully saturated rings. The zero-order chi connectivity index (χ0) is 14.8. The molecule has 0 saturated carbocycles. The van der Waals surface area contributed by atoms with Gasteiger partial charge >= 0.3 is 0 Å². The smallest absolute Gasteiger partial charge is 0.244 e. The van der Waals surface area contributed by atoms with Crippen molar-refractivity contribution >= 4 is 23.4 Å². The van der Waals surface area contributed by atoms with E-state index in [4.69, 9.17) is 0 Å². The highest BCUT2D eigenvalue weighted by atomic mass is 16.2. The molecule has 2 aliphatic rings. The predicted octanol–water partition coefficient (Wildman–Crippen LogP) is 0.971. The highest BCUT2D eigenvalue weighted by molar-refractivity contribution is 6.08. The summed E-state index contributed by atoms with van der Waals surface area (Å²) in [5.41, 5.74) is 0.591. The highest BCUT2D eigenvalue weighted by Gasteiger charge is 2.47. The van der Waals surface area contributed by atoms with Crippen LogP contribution >= 0.6 is 0 Å². The van der Waals surface area contributed by atoms with Gasteiger partial charge in [-0.1, -0.05) is 12.2 Å². The number of hydrogen-bond donors (Lipinski definition) is 1. The van der Waals surface area contributed by atoms with Crippen molar-refractivity contribution in [2.24, 2.45) is 11.8 Å². The zero-order valence-corrected chi connectivity index (χ0v) is 11.4. The number of fused-ring (bicyclic) bond motifs is 1. The first-order chi connectivity index (χ1) is 10.2. The fourth-order valence-electron chi connectivity index (χ4n) is 2.80. The van der Waals surface area contributed by atoms with Gasteiger partial charge in [-0.15, -0.1) is 0 Å². The third-order valence-corrected chi connectivity index (χ3v) is 3.86. The van der Waals surface area contributed by atoms with Crippen molar-refractivity contribution in [1.29, 1.82) is 0 Å². The molecule has 1 aromatic rings. The van der Waals surface area contributed by atoms with Crippen LogP contribution < -0.4 is 5.32 Å². The fraction of sp³-hybridized carbons (Fsp3) is 0.333. The first kappa shape index (κ1) is 13.5. The molecule has 6 heteroatoms. The van der Waals surface area contributed by atoms with Crippen molar-refractivity contribution in [3.8, 4) is 0 Å². The third kappa shape index (κ3) is 2.56. The summed E-state index contributed by atoms with van der Waals surface area (Å²) in [4.78, 5) is 41.3. The summed E-state index contributed by atoms with van der Waals surface area (Å²) in [6.45, 7) is -0.229. The van der Waals surface area contributed by atoms with Crippen molar-refractivity contribution in [2.75, 3.05) is 11.9 Å². The van der Waals surface area contributed by atoms with Gasteiger partial charge in [-0.2, -0.15) is 0 Å². The average Bonchev–Trinajstić information content (AvgIpc) is 2.74. The normalized spacial score (nSPS) is 24.1. The Hall–Kier alpha value is -2.50. The number of likely N-dealkylation sites (tertiary alicyclic amines) is 1. The molecular weight excluding hydrogens is 270 g/mol. The number of nitrogens with one attached hydrogen (secondary N) is 1. The van der Waals surface area contributed by atoms with Gasteiger partial charge in [0.25, 0.3) is 0 Å². The van der Waals surface area contributed by atoms with Gasteiger partial charge in [-0.05, 0) is 25.0 Å². The molecule has 0 unspecified atom stereocenters. The Morgan fingerprint density at radius 1 is 1.14 bits per heavy atom. The van der Waals surface area contributed by atoms with E-state index in [1.54, 1.807) is 24.5 Å². The van der Waals surface area contributed by atoms with Crippen molar-refractivity contribution < 1.29 is 14.4 Å². The number of nitrogens with zero attached hydrogens (tertiary/aromatic N) is 2. The van der Waals surface area contributed by atoms with Crippen LogP contribution in [0.3, 0.4) is 0 Å². The van der Waals surface area contributed by atoms with Crippen molar-refractivity contribution in [3.63, 3.8) is 0 Å². The second-order valence-corrected chi connectivity index (χ2v) is 5.20. The summed E-state index contributed by atoms with van der Waals surface area (Å²) >= 11 is 0. The molecule has 1 saturated heterocycles. The SMILES string of the molecule is O=C(CN1C(=O)[C@H]2CC=CC[C@H]2C1=O)Nc1ccncc1. The van der Waals surface area contributed by atoms with Crippen molar-refractivity contribution in [1.82, 2.24) is 9.88 Å². The lowest BCUT2D eigenvalue weighted by atomic mass is 9.85. The number of allylic oxidation sites excluding steroid dienone is 2. The Labute approximate surface area is 121 Å². The molecule has 3 amide bonds. The lowest BCUT2D eigenvalue weighted by Crippen LogP contribution is -2.38. The van der Waals surface area contributed by atoms with Crippen LogP contribution in [0.25, 0.3) is 0 Å². The first-order valence-corrected chi connectivity index (χ1v) is 6.87. The quantitative estimate of drug-likeness (QED) is 0.663. The molecule has 3 rings (SSSR count). The van der Waals surface area contributed by atoms with Crippen molar-refractivity contribution in [2.45, 2.75) is 12.8 Å². The minimum atomic E-state index is -0.380. The van der Waals surface area contributed by atoms with Crippen LogP contribution in [0.15, 0.2) is 36.7 Å². The number of anilines is 1. The summed E-state index contributed by atoms with van der Waals surface area (Å²) in [5.74, 6) is -1.44. The number of carbonyl (C=O) groups is 3. The number of carbonyl (C=O) groups excluding carboxylic acids is 3. The molecule has 2 atom stereocenters. The minimum absolute atomic E-state index is 0.229. The molecular formula is C15H15N3O3. The molecule has 1 N–H and O–H groups in total. The van der Waals surface area contributed by atoms with Gasteiger partial charge < -0.3 is 5.32 Å². The van der Waals surface area contributed by atoms with Crippen molar-refractivity contribution in [3.05, 3.63) is 36.7 Å². The number of rotatable bonds is 3. The summed E-state index contributed by atoms with van der Waals surface area (Å²) in [7, 11) is 0. The van der Waals surface area contributed by atoms with Gasteiger partial charge in [0.2, 0.25) is 17.7 Å². The molecule has 0 radical (unpaired) electrons. The highest BCUT2D eigenvalue weighted by Crippen LogP contribution is 2.34. The van der Waals surface area contributed by atoms with Crippen LogP contribution in [0, 0.1) is 11.8 Å². The molecule has 2 heterocycles. The van der Waals surface area contributed by atoms with Crippen LogP contribution in [0.4, 0.5) is 5.69 Å². The molecule has 6 nitrogen and oxygen atoms in total. The van der Waals surface area contributed by atoms with Crippen LogP contribution in [0.2, 0.25) is 0 Å². The zero-order valence-electron chi connectivity index (χ0n) is 11.4. The Bertz CT molecular complexity index is 586. The maximum absolute atomic E-state index is 12.2. The summed E-state index contributed by atoms with van der Waals surface area (Å²) in [6, 6.07) is 3.30. The molecule has 108 valence electrons. The third-order valence-electron chi connectivity index (χ3n) is 3.86. The number of hydrogen-bond acceptors (Lipinski definition) is 4. The van der Waals surface area contributed by atoms with Gasteiger partial charge in [0.05, 0.1) is 11.8 Å². The summed E-state index contributed by atoms with van der Waals surface area (Å²) in [5, 5.41) is 2.65. The van der Waals surface area contributed by atoms with E-state index in [1.807, 2.05) is 12.2 Å². The maximum atomic E-state index is 12.2. The Morgan fingerprint density at radius 3 is 2.29 bits per heavy atom. The largest absolute Gasteiger partial charge is 0.324 e. The number of aromatic nitrogens is 1. The number of amides is 3. The number of pyridine rings is 1. The molecule has 0 spiro atoms. The fourth-order valence-corrected chi connectivity index (χ4v) is 2.80. The topological polar surface area (TPSA) is 79.4 Å². The Balaban J connectivity index is 1.66. The van der Waals surface area contributed by atoms with Crippen LogP contribution in [0.5, 0.6) is 0 Å². The van der Waals surface area contributed by atoms with Gasteiger partial charge in [0.1, 0.15) is 6.54 Å². The molecule has 1 aliphatic heterocycles. The lowest BCUT2D eigenvalue weighted by Gasteiger charge is -2.14. The van der Waals surface area contributed by atoms with E-state index in [-0.39, 0.29) is 36.1 Å². The average molecular weight is 285 g/mol. The second-order valence-electron chi connectivity index (χ2n) is 5.20. The van der Waals surface area contributed by atoms with E-state index < -0.39 is 0 Å². The molecule has 0 aromatic carbocycles. The number of imide groups is 1. The van der Waals surface area contributed by atoms with E-state index in [0.29, 0.717) is 18.5 Å². The van der Waals surface area contributed by atoms with E-state index >= 15 is 0 Å². The predicted molar refractivity (Wildman–Crippen MR) is 74.9 cm³/mol. The lowest BCUT2D eigenvalue weighted by molar-refractivity contribution is -0.142. The van der Waals surface area contributed by atoms with E-state index in [0.717, 1.165) is 4.90 Å². The Morgan fingerprint density at radius 2 is 1.71 bits per heavy atom. The monoisotopic (exact) mass is 285 g/mol. The van der Waals surface area contributed by atoms with Gasteiger partial charge in [-0.25, -0.2) is 0 Å². The van der Waals surface area contributed by atoms with Gasteiger partial charge in [-0.3, -0.25) is 24.3 Å². The van der Waals surface area contributed by atoms with Crippen LogP contribution in [0.1, 0.15) is 12.8 Å². The minimum Gasteiger partial charge on any atom is -0.324 e. The van der Waals surface area contributed by atoms with E-state index in [2.05, 4.69) is 10.3 Å². The standard InChI is InChI=1S/C15H15N3O3/c19-13(17-10-5-7-16-8-6-10)9-18-14(20)11-3-1-2-4-12(11)15(18)21/h1-2,5-8,11-12H,3-4,9H2,(H,16,17,19)/t11-,12+. The summed E-state index contributed by atoms with van der Waals surface area (Å²) < 4.78 is 0. The maximum Gasteiger partial charge on any atom is 0.244 e. The van der Waals surface area contributed by atoms with Crippen LogP contribution in [-0.4, -0.2) is 34.2 Å². The second kappa shape index (κ2) is 5.47. The first-order valence-electron chi connectivity index (χ1n) is 6.87. The van der Waals surface area contributed by atoms with E-state index in [1.165, 1.54) is 0 Å². The summed E-state index contributed by atoms with van der Waals surface area (Å²) in [6.07, 6.45) is 8.12. The Kier molecular flexibility index (Phi) is 3.51. The molecule has 0 bridgehead atoms. The van der Waals surface area contributed by atoms with Gasteiger partial charge in [0, 0.05) is 18.1 Å².